The predicted molar refractivity (Wildman–Crippen MR) is 68.4 cm³/mol. The van der Waals surface area contributed by atoms with Crippen LogP contribution in [-0.2, 0) is 10.2 Å². The summed E-state index contributed by atoms with van der Waals surface area (Å²) in [6.07, 6.45) is 1.97. The van der Waals surface area contributed by atoms with Crippen molar-refractivity contribution < 1.29 is 4.74 Å². The normalized spacial score (nSPS) is 17.5. The van der Waals surface area contributed by atoms with Crippen LogP contribution in [0.15, 0.2) is 42.6 Å². The van der Waals surface area contributed by atoms with Gasteiger partial charge in [-0.15, -0.1) is 0 Å². The largest absolute Gasteiger partial charge is 0.388 e. The van der Waals surface area contributed by atoms with Gasteiger partial charge in [0.05, 0.1) is 18.6 Å². The number of benzene rings is 1. The topological polar surface area (TPSA) is 37.0 Å². The van der Waals surface area contributed by atoms with Gasteiger partial charge in [0, 0.05) is 24.6 Å². The highest BCUT2D eigenvalue weighted by molar-refractivity contribution is 5.50. The zero-order chi connectivity index (χ0) is 11.7. The fourth-order valence-electron chi connectivity index (χ4n) is 2.38. The molecule has 0 radical (unpaired) electrons. The third kappa shape index (κ3) is 1.54. The van der Waals surface area contributed by atoms with Crippen LogP contribution in [-0.4, -0.2) is 25.2 Å². The molecule has 2 aromatic rings. The highest BCUT2D eigenvalue weighted by Gasteiger charge is 2.42. The van der Waals surface area contributed by atoms with E-state index < -0.39 is 0 Å². The smallest absolute Gasteiger partial charge is 0.0820 e. The van der Waals surface area contributed by atoms with Crippen molar-refractivity contribution in [3.63, 3.8) is 0 Å². The molecule has 88 valence electrons. The minimum atomic E-state index is 0.0103. The molecule has 1 fully saturated rings. The van der Waals surface area contributed by atoms with Gasteiger partial charge in [0.15, 0.2) is 0 Å². The Morgan fingerprint density at radius 2 is 2.12 bits per heavy atom. The number of aromatic nitrogens is 1. The summed E-state index contributed by atoms with van der Waals surface area (Å²) in [6.45, 7) is 1.50. The first-order chi connectivity index (χ1) is 8.35. The molecule has 1 aromatic heterocycles. The molecule has 1 aliphatic rings. The van der Waals surface area contributed by atoms with Crippen LogP contribution in [0.3, 0.4) is 0 Å². The van der Waals surface area contributed by atoms with E-state index in [9.17, 15) is 0 Å². The summed E-state index contributed by atoms with van der Waals surface area (Å²) in [5.74, 6) is 0. The summed E-state index contributed by atoms with van der Waals surface area (Å²) in [6, 6.07) is 12.7. The van der Waals surface area contributed by atoms with E-state index in [1.807, 2.05) is 19.3 Å². The summed E-state index contributed by atoms with van der Waals surface area (Å²) >= 11 is 0. The van der Waals surface area contributed by atoms with Crippen LogP contribution >= 0.6 is 0 Å². The molecule has 0 bridgehead atoms. The average molecular weight is 228 g/mol. The van der Waals surface area contributed by atoms with Crippen molar-refractivity contribution in [1.29, 1.82) is 0 Å². The number of aromatic amines is 1. The average Bonchev–Trinajstić information content (AvgIpc) is 2.82. The zero-order valence-electron chi connectivity index (χ0n) is 9.86. The molecule has 3 heteroatoms. The number of hydrogen-bond donors (Lipinski definition) is 2. The van der Waals surface area contributed by atoms with Crippen LogP contribution in [0.4, 0.5) is 5.69 Å². The first-order valence-electron chi connectivity index (χ1n) is 5.85. The maximum absolute atomic E-state index is 5.45. The Morgan fingerprint density at radius 3 is 2.71 bits per heavy atom. The number of rotatable bonds is 3. The molecule has 1 aromatic carbocycles. The highest BCUT2D eigenvalue weighted by Crippen LogP contribution is 2.38. The van der Waals surface area contributed by atoms with Gasteiger partial charge >= 0.3 is 0 Å². The SMILES string of the molecule is CNc1cccc(C2(c3ccc[nH]3)COC2)c1. The third-order valence-electron chi connectivity index (χ3n) is 3.51. The molecule has 0 atom stereocenters. The van der Waals surface area contributed by atoms with E-state index in [4.69, 9.17) is 4.74 Å². The summed E-state index contributed by atoms with van der Waals surface area (Å²) in [7, 11) is 1.94. The van der Waals surface area contributed by atoms with Gasteiger partial charge in [-0.3, -0.25) is 0 Å². The molecule has 3 nitrogen and oxygen atoms in total. The van der Waals surface area contributed by atoms with Crippen LogP contribution < -0.4 is 5.32 Å². The minimum absolute atomic E-state index is 0.0103. The Morgan fingerprint density at radius 1 is 1.24 bits per heavy atom. The summed E-state index contributed by atoms with van der Waals surface area (Å²) < 4.78 is 5.45. The van der Waals surface area contributed by atoms with E-state index in [-0.39, 0.29) is 5.41 Å². The van der Waals surface area contributed by atoms with Gasteiger partial charge in [-0.2, -0.15) is 0 Å². The molecule has 0 spiro atoms. The fourth-order valence-corrected chi connectivity index (χ4v) is 2.38. The van der Waals surface area contributed by atoms with Crippen LogP contribution in [0.2, 0.25) is 0 Å². The van der Waals surface area contributed by atoms with Gasteiger partial charge in [-0.1, -0.05) is 12.1 Å². The highest BCUT2D eigenvalue weighted by atomic mass is 16.5. The Hall–Kier alpha value is -1.74. The Labute approximate surface area is 101 Å². The minimum Gasteiger partial charge on any atom is -0.388 e. The Bertz CT molecular complexity index is 501. The van der Waals surface area contributed by atoms with Crippen molar-refractivity contribution in [2.75, 3.05) is 25.6 Å². The first-order valence-corrected chi connectivity index (χ1v) is 5.85. The van der Waals surface area contributed by atoms with Crippen molar-refractivity contribution in [1.82, 2.24) is 4.98 Å². The number of nitrogens with one attached hydrogen (secondary N) is 2. The van der Waals surface area contributed by atoms with Gasteiger partial charge in [-0.05, 0) is 29.8 Å². The molecule has 1 saturated heterocycles. The quantitative estimate of drug-likeness (QED) is 0.846. The third-order valence-corrected chi connectivity index (χ3v) is 3.51. The van der Waals surface area contributed by atoms with Gasteiger partial charge in [-0.25, -0.2) is 0 Å². The predicted octanol–water partition coefficient (Wildman–Crippen LogP) is 2.37. The molecular weight excluding hydrogens is 212 g/mol. The molecule has 0 amide bonds. The monoisotopic (exact) mass is 228 g/mol. The molecule has 17 heavy (non-hydrogen) atoms. The molecule has 3 rings (SSSR count). The summed E-state index contributed by atoms with van der Waals surface area (Å²) in [4.78, 5) is 3.32. The van der Waals surface area contributed by atoms with E-state index in [1.54, 1.807) is 0 Å². The number of anilines is 1. The zero-order valence-corrected chi connectivity index (χ0v) is 9.86. The molecule has 0 saturated carbocycles. The lowest BCUT2D eigenvalue weighted by Crippen LogP contribution is -2.47. The molecule has 0 unspecified atom stereocenters. The molecule has 0 aliphatic carbocycles. The van der Waals surface area contributed by atoms with Crippen LogP contribution in [0.5, 0.6) is 0 Å². The fraction of sp³-hybridized carbons (Fsp3) is 0.286. The molecular formula is C14H16N2O. The maximum atomic E-state index is 5.45. The lowest BCUT2D eigenvalue weighted by molar-refractivity contribution is -0.0397. The first kappa shape index (κ1) is 10.4. The van der Waals surface area contributed by atoms with Crippen molar-refractivity contribution in [2.24, 2.45) is 0 Å². The molecule has 1 aliphatic heterocycles. The Kier molecular flexibility index (Phi) is 2.41. The lowest BCUT2D eigenvalue weighted by Gasteiger charge is -2.41. The standard InChI is InChI=1S/C14H16N2O/c1-15-12-5-2-4-11(8-12)14(9-17-10-14)13-6-3-7-16-13/h2-8,15-16H,9-10H2,1H3. The van der Waals surface area contributed by atoms with Crippen LogP contribution in [0, 0.1) is 0 Å². The van der Waals surface area contributed by atoms with Crippen LogP contribution in [0.25, 0.3) is 0 Å². The number of H-pyrrole nitrogens is 1. The van der Waals surface area contributed by atoms with Crippen LogP contribution in [0.1, 0.15) is 11.3 Å². The van der Waals surface area contributed by atoms with Crippen molar-refractivity contribution in [2.45, 2.75) is 5.41 Å². The van der Waals surface area contributed by atoms with E-state index in [1.165, 1.54) is 11.3 Å². The second-order valence-corrected chi connectivity index (χ2v) is 4.49. The number of hydrogen-bond acceptors (Lipinski definition) is 2. The number of ether oxygens (including phenoxy) is 1. The van der Waals surface area contributed by atoms with Gasteiger partial charge in [0.1, 0.15) is 0 Å². The van der Waals surface area contributed by atoms with E-state index >= 15 is 0 Å². The molecule has 2 heterocycles. The van der Waals surface area contributed by atoms with E-state index in [2.05, 4.69) is 40.6 Å². The van der Waals surface area contributed by atoms with Gasteiger partial charge in [0.25, 0.3) is 0 Å². The summed E-state index contributed by atoms with van der Waals surface area (Å²) in [5.41, 5.74) is 3.69. The lowest BCUT2D eigenvalue weighted by atomic mass is 9.76. The van der Waals surface area contributed by atoms with Gasteiger partial charge < -0.3 is 15.0 Å². The maximum Gasteiger partial charge on any atom is 0.0820 e. The second kappa shape index (κ2) is 3.93. The van der Waals surface area contributed by atoms with E-state index in [0.29, 0.717) is 0 Å². The van der Waals surface area contributed by atoms with Gasteiger partial charge in [0.2, 0.25) is 0 Å². The Balaban J connectivity index is 2.05. The van der Waals surface area contributed by atoms with Crippen molar-refractivity contribution >= 4 is 5.69 Å². The second-order valence-electron chi connectivity index (χ2n) is 4.49. The van der Waals surface area contributed by atoms with Crippen molar-refractivity contribution in [3.05, 3.63) is 53.9 Å². The summed E-state index contributed by atoms with van der Waals surface area (Å²) in [5, 5.41) is 3.18. The molecule has 2 N–H and O–H groups in total. The van der Waals surface area contributed by atoms with E-state index in [0.717, 1.165) is 18.9 Å². The van der Waals surface area contributed by atoms with Crippen molar-refractivity contribution in [3.8, 4) is 0 Å².